The third-order valence-electron chi connectivity index (χ3n) is 3.14. The molecule has 1 atom stereocenters. The van der Waals surface area contributed by atoms with Gasteiger partial charge in [0.2, 0.25) is 0 Å². The highest BCUT2D eigenvalue weighted by Gasteiger charge is 2.11. The van der Waals surface area contributed by atoms with E-state index < -0.39 is 6.10 Å². The molecule has 0 aliphatic rings. The fourth-order valence-electron chi connectivity index (χ4n) is 1.97. The lowest BCUT2D eigenvalue weighted by molar-refractivity contribution is 0.177. The standard InChI is InChI=1S/C16H17FO/c1-2-12-7-9-13(10-8-12)16(18)11-14-5-3-4-6-15(14)17/h3-10,16,18H,2,11H2,1H3. The average Bonchev–Trinajstić information content (AvgIpc) is 2.41. The molecule has 0 aliphatic heterocycles. The van der Waals surface area contributed by atoms with Crippen molar-refractivity contribution in [3.05, 3.63) is 71.0 Å². The van der Waals surface area contributed by atoms with Crippen molar-refractivity contribution in [3.63, 3.8) is 0 Å². The van der Waals surface area contributed by atoms with Gasteiger partial charge in [0.15, 0.2) is 0 Å². The molecule has 1 N–H and O–H groups in total. The van der Waals surface area contributed by atoms with Crippen LogP contribution in [-0.4, -0.2) is 5.11 Å². The Kier molecular flexibility index (Phi) is 4.11. The Bertz CT molecular complexity index is 505. The minimum atomic E-state index is -0.659. The van der Waals surface area contributed by atoms with Gasteiger partial charge in [0.25, 0.3) is 0 Å². The molecule has 18 heavy (non-hydrogen) atoms. The predicted molar refractivity (Wildman–Crippen MR) is 70.9 cm³/mol. The zero-order valence-electron chi connectivity index (χ0n) is 10.4. The molecule has 0 aromatic heterocycles. The molecule has 0 spiro atoms. The van der Waals surface area contributed by atoms with E-state index in [0.717, 1.165) is 12.0 Å². The summed E-state index contributed by atoms with van der Waals surface area (Å²) < 4.78 is 13.5. The van der Waals surface area contributed by atoms with Crippen LogP contribution in [0.2, 0.25) is 0 Å². The van der Waals surface area contributed by atoms with Gasteiger partial charge in [-0.1, -0.05) is 49.4 Å². The van der Waals surface area contributed by atoms with Gasteiger partial charge in [0.1, 0.15) is 5.82 Å². The molecule has 2 aromatic carbocycles. The lowest BCUT2D eigenvalue weighted by Gasteiger charge is -2.12. The minimum Gasteiger partial charge on any atom is -0.388 e. The van der Waals surface area contributed by atoms with Crippen molar-refractivity contribution in [1.82, 2.24) is 0 Å². The lowest BCUT2D eigenvalue weighted by atomic mass is 9.99. The van der Waals surface area contributed by atoms with Crippen molar-refractivity contribution < 1.29 is 9.50 Å². The number of rotatable bonds is 4. The third-order valence-corrected chi connectivity index (χ3v) is 3.14. The number of hydrogen-bond acceptors (Lipinski definition) is 1. The van der Waals surface area contributed by atoms with E-state index in [2.05, 4.69) is 6.92 Å². The molecule has 0 bridgehead atoms. The fourth-order valence-corrected chi connectivity index (χ4v) is 1.97. The Morgan fingerprint density at radius 1 is 1.06 bits per heavy atom. The van der Waals surface area contributed by atoms with Gasteiger partial charge in [-0.15, -0.1) is 0 Å². The summed E-state index contributed by atoms with van der Waals surface area (Å²) in [5, 5.41) is 10.1. The van der Waals surface area contributed by atoms with Crippen LogP contribution in [0.4, 0.5) is 4.39 Å². The molecule has 1 unspecified atom stereocenters. The maximum Gasteiger partial charge on any atom is 0.126 e. The van der Waals surface area contributed by atoms with Crippen LogP contribution in [-0.2, 0) is 12.8 Å². The van der Waals surface area contributed by atoms with Crippen molar-refractivity contribution in [1.29, 1.82) is 0 Å². The van der Waals surface area contributed by atoms with Gasteiger partial charge in [0, 0.05) is 6.42 Å². The molecule has 2 rings (SSSR count). The number of aliphatic hydroxyl groups excluding tert-OH is 1. The van der Waals surface area contributed by atoms with Crippen LogP contribution in [0, 0.1) is 5.82 Å². The molecule has 0 aliphatic carbocycles. The van der Waals surface area contributed by atoms with Gasteiger partial charge in [-0.2, -0.15) is 0 Å². The number of hydrogen-bond donors (Lipinski definition) is 1. The monoisotopic (exact) mass is 244 g/mol. The fraction of sp³-hybridized carbons (Fsp3) is 0.250. The zero-order valence-corrected chi connectivity index (χ0v) is 10.4. The molecule has 0 radical (unpaired) electrons. The second kappa shape index (κ2) is 5.78. The summed E-state index contributed by atoms with van der Waals surface area (Å²) >= 11 is 0. The van der Waals surface area contributed by atoms with Crippen LogP contribution in [0.15, 0.2) is 48.5 Å². The summed E-state index contributed by atoms with van der Waals surface area (Å²) in [6.07, 6.45) is 0.620. The average molecular weight is 244 g/mol. The number of halogens is 1. The summed E-state index contributed by atoms with van der Waals surface area (Å²) in [5.74, 6) is -0.262. The molecule has 2 aromatic rings. The van der Waals surface area contributed by atoms with Crippen molar-refractivity contribution >= 4 is 0 Å². The van der Waals surface area contributed by atoms with Gasteiger partial charge in [-0.25, -0.2) is 4.39 Å². The molecule has 0 saturated heterocycles. The van der Waals surface area contributed by atoms with Crippen LogP contribution >= 0.6 is 0 Å². The van der Waals surface area contributed by atoms with Crippen LogP contribution < -0.4 is 0 Å². The van der Waals surface area contributed by atoms with E-state index in [-0.39, 0.29) is 5.82 Å². The topological polar surface area (TPSA) is 20.2 Å². The quantitative estimate of drug-likeness (QED) is 0.870. The van der Waals surface area contributed by atoms with Gasteiger partial charge < -0.3 is 5.11 Å². The normalized spacial score (nSPS) is 12.4. The van der Waals surface area contributed by atoms with Gasteiger partial charge in [-0.3, -0.25) is 0 Å². The number of benzene rings is 2. The zero-order chi connectivity index (χ0) is 13.0. The van der Waals surface area contributed by atoms with E-state index in [9.17, 15) is 9.50 Å². The third kappa shape index (κ3) is 2.96. The molecular formula is C16H17FO. The highest BCUT2D eigenvalue weighted by Crippen LogP contribution is 2.20. The molecule has 2 heteroatoms. The molecule has 0 saturated carbocycles. The van der Waals surface area contributed by atoms with Crippen LogP contribution in [0.1, 0.15) is 29.7 Å². The van der Waals surface area contributed by atoms with Gasteiger partial charge in [0.05, 0.1) is 6.10 Å². The Morgan fingerprint density at radius 2 is 1.72 bits per heavy atom. The molecule has 0 fully saturated rings. The minimum absolute atomic E-state index is 0.262. The highest BCUT2D eigenvalue weighted by molar-refractivity contribution is 5.26. The first kappa shape index (κ1) is 12.8. The molecule has 1 nitrogen and oxygen atoms in total. The van der Waals surface area contributed by atoms with Crippen LogP contribution in [0.5, 0.6) is 0 Å². The first-order valence-corrected chi connectivity index (χ1v) is 6.21. The Morgan fingerprint density at radius 3 is 2.33 bits per heavy atom. The van der Waals surface area contributed by atoms with Crippen molar-refractivity contribution in [2.75, 3.05) is 0 Å². The highest BCUT2D eigenvalue weighted by atomic mass is 19.1. The summed E-state index contributed by atoms with van der Waals surface area (Å²) in [6, 6.07) is 14.4. The van der Waals surface area contributed by atoms with E-state index >= 15 is 0 Å². The summed E-state index contributed by atoms with van der Waals surface area (Å²) in [5.41, 5.74) is 2.61. The molecule has 0 heterocycles. The second-order valence-electron chi connectivity index (χ2n) is 4.41. The Hall–Kier alpha value is -1.67. The first-order chi connectivity index (χ1) is 8.70. The van der Waals surface area contributed by atoms with E-state index in [0.29, 0.717) is 12.0 Å². The van der Waals surface area contributed by atoms with E-state index in [1.54, 1.807) is 18.2 Å². The number of aliphatic hydroxyl groups is 1. The smallest absolute Gasteiger partial charge is 0.126 e. The maximum absolute atomic E-state index is 13.5. The second-order valence-corrected chi connectivity index (χ2v) is 4.41. The molecule has 94 valence electrons. The van der Waals surface area contributed by atoms with Crippen molar-refractivity contribution in [3.8, 4) is 0 Å². The van der Waals surface area contributed by atoms with E-state index in [1.165, 1.54) is 11.6 Å². The number of aryl methyl sites for hydroxylation is 1. The van der Waals surface area contributed by atoms with Crippen molar-refractivity contribution in [2.45, 2.75) is 25.9 Å². The molecular weight excluding hydrogens is 227 g/mol. The Labute approximate surface area is 107 Å². The largest absolute Gasteiger partial charge is 0.388 e. The molecule has 0 amide bonds. The van der Waals surface area contributed by atoms with Crippen molar-refractivity contribution in [2.24, 2.45) is 0 Å². The van der Waals surface area contributed by atoms with Crippen LogP contribution in [0.3, 0.4) is 0 Å². The summed E-state index contributed by atoms with van der Waals surface area (Å²) in [6.45, 7) is 2.09. The summed E-state index contributed by atoms with van der Waals surface area (Å²) in [4.78, 5) is 0. The van der Waals surface area contributed by atoms with Gasteiger partial charge in [-0.05, 0) is 29.2 Å². The summed E-state index contributed by atoms with van der Waals surface area (Å²) in [7, 11) is 0. The maximum atomic E-state index is 13.5. The SMILES string of the molecule is CCc1ccc(C(O)Cc2ccccc2F)cc1. The van der Waals surface area contributed by atoms with E-state index in [1.807, 2.05) is 24.3 Å². The van der Waals surface area contributed by atoms with Crippen LogP contribution in [0.25, 0.3) is 0 Å². The lowest BCUT2D eigenvalue weighted by Crippen LogP contribution is -2.03. The van der Waals surface area contributed by atoms with Gasteiger partial charge >= 0.3 is 0 Å². The predicted octanol–water partition coefficient (Wildman–Crippen LogP) is 3.66. The first-order valence-electron chi connectivity index (χ1n) is 6.21. The Balaban J connectivity index is 2.11. The van der Waals surface area contributed by atoms with E-state index in [4.69, 9.17) is 0 Å².